The van der Waals surface area contributed by atoms with Gasteiger partial charge >= 0.3 is 0 Å². The summed E-state index contributed by atoms with van der Waals surface area (Å²) in [5, 5.41) is 3.41. The molecule has 0 aliphatic rings. The van der Waals surface area contributed by atoms with E-state index in [1.807, 2.05) is 0 Å². The summed E-state index contributed by atoms with van der Waals surface area (Å²) in [7, 11) is 0. The van der Waals surface area contributed by atoms with Crippen molar-refractivity contribution in [2.24, 2.45) is 0 Å². The maximum absolute atomic E-state index is 12.1. The number of hydrogen-bond donors (Lipinski definition) is 1. The Morgan fingerprint density at radius 1 is 1.17 bits per heavy atom. The van der Waals surface area contributed by atoms with Crippen molar-refractivity contribution in [1.82, 2.24) is 0 Å². The van der Waals surface area contributed by atoms with E-state index in [4.69, 9.17) is 21.1 Å². The quantitative estimate of drug-likeness (QED) is 0.769. The van der Waals surface area contributed by atoms with Gasteiger partial charge in [0.2, 0.25) is 0 Å². The van der Waals surface area contributed by atoms with Gasteiger partial charge in [-0.3, -0.25) is 4.79 Å². The first-order chi connectivity index (χ1) is 11.1. The Labute approximate surface area is 140 Å². The second kappa shape index (κ2) is 8.25. The second-order valence-electron chi connectivity index (χ2n) is 4.83. The van der Waals surface area contributed by atoms with Crippen LogP contribution in [-0.2, 0) is 4.79 Å². The molecule has 0 unspecified atom stereocenters. The molecule has 0 bridgehead atoms. The number of amides is 1. The fourth-order valence-electron chi connectivity index (χ4n) is 1.80. The predicted molar refractivity (Wildman–Crippen MR) is 92.3 cm³/mol. The number of carbonyl (C=O) groups excluding carboxylic acids is 1. The van der Waals surface area contributed by atoms with E-state index in [2.05, 4.69) is 11.9 Å². The first-order valence-electron chi connectivity index (χ1n) is 7.15. The maximum Gasteiger partial charge on any atom is 0.265 e. The minimum absolute atomic E-state index is 0.236. The molecule has 1 atom stereocenters. The fourth-order valence-corrected chi connectivity index (χ4v) is 1.93. The summed E-state index contributed by atoms with van der Waals surface area (Å²) in [5.74, 6) is 1.07. The summed E-state index contributed by atoms with van der Waals surface area (Å²) in [6.07, 6.45) is 1.04. The molecule has 0 aliphatic heterocycles. The van der Waals surface area contributed by atoms with Crippen LogP contribution in [0.25, 0.3) is 0 Å². The third-order valence-electron chi connectivity index (χ3n) is 2.99. The molecule has 0 radical (unpaired) electrons. The van der Waals surface area contributed by atoms with Gasteiger partial charge in [0.15, 0.2) is 6.10 Å². The van der Waals surface area contributed by atoms with Crippen LogP contribution in [-0.4, -0.2) is 18.6 Å². The predicted octanol–water partition coefficient (Wildman–Crippen LogP) is 4.31. The van der Waals surface area contributed by atoms with Gasteiger partial charge in [-0.1, -0.05) is 24.3 Å². The van der Waals surface area contributed by atoms with Crippen molar-refractivity contribution in [2.45, 2.75) is 13.0 Å². The molecule has 2 aromatic carbocycles. The van der Waals surface area contributed by atoms with Gasteiger partial charge in [0.05, 0.1) is 0 Å². The van der Waals surface area contributed by atoms with Crippen molar-refractivity contribution >= 4 is 23.2 Å². The van der Waals surface area contributed by atoms with Gasteiger partial charge in [-0.25, -0.2) is 0 Å². The van der Waals surface area contributed by atoms with E-state index >= 15 is 0 Å². The zero-order chi connectivity index (χ0) is 16.7. The SMILES string of the molecule is C=CCOc1ccc(NC(=O)[C@@H](C)Oc2ccc(Cl)cc2)cc1. The number of hydrogen-bond acceptors (Lipinski definition) is 3. The summed E-state index contributed by atoms with van der Waals surface area (Å²) in [6.45, 7) is 5.72. The number of benzene rings is 2. The highest BCUT2D eigenvalue weighted by atomic mass is 35.5. The van der Waals surface area contributed by atoms with E-state index in [0.29, 0.717) is 28.8 Å². The van der Waals surface area contributed by atoms with Crippen molar-refractivity contribution in [2.75, 3.05) is 11.9 Å². The van der Waals surface area contributed by atoms with Crippen LogP contribution in [0.2, 0.25) is 5.02 Å². The van der Waals surface area contributed by atoms with Gasteiger partial charge in [0.1, 0.15) is 18.1 Å². The van der Waals surface area contributed by atoms with Gasteiger partial charge < -0.3 is 14.8 Å². The normalized spacial score (nSPS) is 11.4. The van der Waals surface area contributed by atoms with Crippen molar-refractivity contribution in [3.63, 3.8) is 0 Å². The molecule has 1 N–H and O–H groups in total. The molecule has 0 saturated carbocycles. The monoisotopic (exact) mass is 331 g/mol. The van der Waals surface area contributed by atoms with Gasteiger partial charge in [0.25, 0.3) is 5.91 Å². The Morgan fingerprint density at radius 3 is 2.39 bits per heavy atom. The molecule has 0 heterocycles. The lowest BCUT2D eigenvalue weighted by atomic mass is 10.2. The van der Waals surface area contributed by atoms with Crippen LogP contribution in [0.3, 0.4) is 0 Å². The lowest BCUT2D eigenvalue weighted by Crippen LogP contribution is -2.30. The molecule has 2 rings (SSSR count). The number of nitrogens with one attached hydrogen (secondary N) is 1. The Bertz CT molecular complexity index is 653. The fraction of sp³-hybridized carbons (Fsp3) is 0.167. The zero-order valence-corrected chi connectivity index (χ0v) is 13.5. The lowest BCUT2D eigenvalue weighted by molar-refractivity contribution is -0.122. The molecule has 4 nitrogen and oxygen atoms in total. The largest absolute Gasteiger partial charge is 0.490 e. The number of halogens is 1. The molecule has 120 valence electrons. The smallest absolute Gasteiger partial charge is 0.265 e. The molecule has 1 amide bonds. The second-order valence-corrected chi connectivity index (χ2v) is 5.26. The molecule has 0 aliphatic carbocycles. The van der Waals surface area contributed by atoms with Crippen LogP contribution in [0.1, 0.15) is 6.92 Å². The maximum atomic E-state index is 12.1. The van der Waals surface area contributed by atoms with E-state index in [0.717, 1.165) is 0 Å². The highest BCUT2D eigenvalue weighted by Crippen LogP contribution is 2.18. The number of rotatable bonds is 7. The molecule has 2 aromatic rings. The van der Waals surface area contributed by atoms with Crippen LogP contribution in [0, 0.1) is 0 Å². The van der Waals surface area contributed by atoms with E-state index in [1.54, 1.807) is 61.5 Å². The minimum atomic E-state index is -0.632. The molecule has 0 spiro atoms. The van der Waals surface area contributed by atoms with Crippen LogP contribution in [0.4, 0.5) is 5.69 Å². The lowest BCUT2D eigenvalue weighted by Gasteiger charge is -2.15. The van der Waals surface area contributed by atoms with E-state index in [9.17, 15) is 4.79 Å². The highest BCUT2D eigenvalue weighted by molar-refractivity contribution is 6.30. The van der Waals surface area contributed by atoms with Gasteiger partial charge in [-0.15, -0.1) is 0 Å². The van der Waals surface area contributed by atoms with Gasteiger partial charge in [-0.05, 0) is 55.5 Å². The third kappa shape index (κ3) is 5.34. The minimum Gasteiger partial charge on any atom is -0.490 e. The summed E-state index contributed by atoms with van der Waals surface area (Å²) < 4.78 is 11.0. The number of ether oxygens (including phenoxy) is 2. The Morgan fingerprint density at radius 2 is 1.78 bits per heavy atom. The van der Waals surface area contributed by atoms with Crippen molar-refractivity contribution in [3.05, 3.63) is 66.2 Å². The molecular formula is C18H18ClNO3. The van der Waals surface area contributed by atoms with E-state index in [-0.39, 0.29) is 5.91 Å². The first kappa shape index (κ1) is 16.9. The van der Waals surface area contributed by atoms with Gasteiger partial charge in [0, 0.05) is 10.7 Å². The van der Waals surface area contributed by atoms with E-state index in [1.165, 1.54) is 0 Å². The molecule has 5 heteroatoms. The molecule has 0 saturated heterocycles. The van der Waals surface area contributed by atoms with Crippen molar-refractivity contribution in [3.8, 4) is 11.5 Å². The average molecular weight is 332 g/mol. The number of carbonyl (C=O) groups is 1. The van der Waals surface area contributed by atoms with Crippen molar-refractivity contribution in [1.29, 1.82) is 0 Å². The topological polar surface area (TPSA) is 47.6 Å². The molecular weight excluding hydrogens is 314 g/mol. The molecule has 0 fully saturated rings. The molecule has 23 heavy (non-hydrogen) atoms. The number of anilines is 1. The summed E-state index contributed by atoms with van der Waals surface area (Å²) in [4.78, 5) is 12.1. The zero-order valence-electron chi connectivity index (χ0n) is 12.8. The molecule has 0 aromatic heterocycles. The summed E-state index contributed by atoms with van der Waals surface area (Å²) >= 11 is 5.81. The van der Waals surface area contributed by atoms with Gasteiger partial charge in [-0.2, -0.15) is 0 Å². The first-order valence-corrected chi connectivity index (χ1v) is 7.53. The highest BCUT2D eigenvalue weighted by Gasteiger charge is 2.14. The van der Waals surface area contributed by atoms with Crippen LogP contribution < -0.4 is 14.8 Å². The summed E-state index contributed by atoms with van der Waals surface area (Å²) in [5.41, 5.74) is 0.674. The average Bonchev–Trinajstić information content (AvgIpc) is 2.56. The van der Waals surface area contributed by atoms with E-state index < -0.39 is 6.10 Å². The van der Waals surface area contributed by atoms with Crippen LogP contribution >= 0.6 is 11.6 Å². The summed E-state index contributed by atoms with van der Waals surface area (Å²) in [6, 6.07) is 14.0. The standard InChI is InChI=1S/C18H18ClNO3/c1-3-12-22-16-10-6-15(7-11-16)20-18(21)13(2)23-17-8-4-14(19)5-9-17/h3-11,13H,1,12H2,2H3,(H,20,21)/t13-/m1/s1. The third-order valence-corrected chi connectivity index (χ3v) is 3.24. The van der Waals surface area contributed by atoms with Crippen molar-refractivity contribution < 1.29 is 14.3 Å². The Hall–Kier alpha value is -2.46. The Kier molecular flexibility index (Phi) is 6.06. The van der Waals surface area contributed by atoms with Crippen LogP contribution in [0.15, 0.2) is 61.2 Å². The van der Waals surface area contributed by atoms with Crippen LogP contribution in [0.5, 0.6) is 11.5 Å². The Balaban J connectivity index is 1.89.